The van der Waals surface area contributed by atoms with Crippen LogP contribution in [0, 0.1) is 0 Å². The van der Waals surface area contributed by atoms with E-state index in [9.17, 15) is 0 Å². The molecule has 0 saturated carbocycles. The van der Waals surface area contributed by atoms with Crippen LogP contribution in [0.1, 0.15) is 25.3 Å². The van der Waals surface area contributed by atoms with Gasteiger partial charge in [-0.3, -0.25) is 4.90 Å². The number of likely N-dealkylation sites (tertiary alicyclic amines) is 1. The molecule has 0 atom stereocenters. The number of aromatic nitrogens is 2. The Morgan fingerprint density at radius 3 is 2.53 bits per heavy atom. The third-order valence-corrected chi connectivity index (χ3v) is 5.56. The van der Waals surface area contributed by atoms with Gasteiger partial charge in [0.2, 0.25) is 5.88 Å². The first-order chi connectivity index (χ1) is 14.7. The Kier molecular flexibility index (Phi) is 6.92. The standard InChI is InChI=1S/C24H28ClN3O2/c1-2-29-24-17-22(20-8-4-3-5-9-20)26-28(24)14-15-30-23-11-10-19(16-21(23)25)18-27-12-6-7-13-27/h3-5,8-11,16-17H,2,6-7,12-15,18H2,1H3. The Balaban J connectivity index is 1.38. The summed E-state index contributed by atoms with van der Waals surface area (Å²) in [5.41, 5.74) is 3.19. The van der Waals surface area contributed by atoms with Crippen LogP contribution in [0.4, 0.5) is 0 Å². The van der Waals surface area contributed by atoms with E-state index in [-0.39, 0.29) is 0 Å². The molecule has 1 aromatic heterocycles. The number of hydrogen-bond donors (Lipinski definition) is 0. The van der Waals surface area contributed by atoms with Crippen molar-refractivity contribution in [3.63, 3.8) is 0 Å². The predicted molar refractivity (Wildman–Crippen MR) is 120 cm³/mol. The second-order valence-corrected chi connectivity index (χ2v) is 7.89. The number of nitrogens with zero attached hydrogens (tertiary/aromatic N) is 3. The van der Waals surface area contributed by atoms with Crippen LogP contribution in [0.2, 0.25) is 5.02 Å². The largest absolute Gasteiger partial charge is 0.490 e. The monoisotopic (exact) mass is 425 g/mol. The van der Waals surface area contributed by atoms with Crippen molar-refractivity contribution in [3.8, 4) is 22.9 Å². The average molecular weight is 426 g/mol. The van der Waals surface area contributed by atoms with Gasteiger partial charge in [0.15, 0.2) is 0 Å². The van der Waals surface area contributed by atoms with Crippen LogP contribution in [-0.2, 0) is 13.1 Å². The summed E-state index contributed by atoms with van der Waals surface area (Å²) >= 11 is 6.47. The van der Waals surface area contributed by atoms with Gasteiger partial charge >= 0.3 is 0 Å². The van der Waals surface area contributed by atoms with Gasteiger partial charge in [0.25, 0.3) is 0 Å². The zero-order valence-electron chi connectivity index (χ0n) is 17.4. The van der Waals surface area contributed by atoms with Crippen LogP contribution in [-0.4, -0.2) is 41.0 Å². The van der Waals surface area contributed by atoms with E-state index in [1.54, 1.807) is 0 Å². The molecule has 0 amide bonds. The molecule has 3 aromatic rings. The van der Waals surface area contributed by atoms with Crippen LogP contribution < -0.4 is 9.47 Å². The fourth-order valence-electron chi connectivity index (χ4n) is 3.77. The zero-order valence-corrected chi connectivity index (χ0v) is 18.1. The van der Waals surface area contributed by atoms with Crippen molar-refractivity contribution < 1.29 is 9.47 Å². The van der Waals surface area contributed by atoms with Crippen molar-refractivity contribution >= 4 is 11.6 Å². The van der Waals surface area contributed by atoms with Gasteiger partial charge in [-0.25, -0.2) is 4.68 Å². The topological polar surface area (TPSA) is 39.5 Å². The summed E-state index contributed by atoms with van der Waals surface area (Å²) in [5, 5.41) is 5.35. The maximum Gasteiger partial charge on any atom is 0.212 e. The lowest BCUT2D eigenvalue weighted by Crippen LogP contribution is -2.18. The fraction of sp³-hybridized carbons (Fsp3) is 0.375. The second-order valence-electron chi connectivity index (χ2n) is 7.49. The average Bonchev–Trinajstić information content (AvgIpc) is 3.41. The maximum atomic E-state index is 6.47. The zero-order chi connectivity index (χ0) is 20.8. The Morgan fingerprint density at radius 2 is 1.80 bits per heavy atom. The van der Waals surface area contributed by atoms with Crippen LogP contribution in [0.3, 0.4) is 0 Å². The van der Waals surface area contributed by atoms with Crippen molar-refractivity contribution in [2.45, 2.75) is 32.9 Å². The first-order valence-corrected chi connectivity index (χ1v) is 11.0. The molecule has 4 rings (SSSR count). The molecular formula is C24H28ClN3O2. The van der Waals surface area contributed by atoms with Crippen LogP contribution in [0.25, 0.3) is 11.3 Å². The smallest absolute Gasteiger partial charge is 0.212 e. The summed E-state index contributed by atoms with van der Waals surface area (Å²) in [6.07, 6.45) is 2.58. The van der Waals surface area contributed by atoms with Gasteiger partial charge in [0, 0.05) is 18.2 Å². The number of halogens is 1. The van der Waals surface area contributed by atoms with Gasteiger partial charge in [0.05, 0.1) is 23.9 Å². The molecule has 5 nitrogen and oxygen atoms in total. The summed E-state index contributed by atoms with van der Waals surface area (Å²) in [6.45, 7) is 6.90. The van der Waals surface area contributed by atoms with Gasteiger partial charge in [-0.2, -0.15) is 5.10 Å². The molecule has 1 fully saturated rings. The molecule has 2 aromatic carbocycles. The van der Waals surface area contributed by atoms with Gasteiger partial charge in [-0.05, 0) is 50.6 Å². The van der Waals surface area contributed by atoms with E-state index in [4.69, 9.17) is 26.2 Å². The lowest BCUT2D eigenvalue weighted by atomic mass is 10.2. The summed E-state index contributed by atoms with van der Waals surface area (Å²) in [4.78, 5) is 2.46. The highest BCUT2D eigenvalue weighted by Crippen LogP contribution is 2.27. The van der Waals surface area contributed by atoms with E-state index in [2.05, 4.69) is 11.0 Å². The van der Waals surface area contributed by atoms with Crippen LogP contribution >= 0.6 is 11.6 Å². The van der Waals surface area contributed by atoms with E-state index in [0.29, 0.717) is 30.5 Å². The molecule has 0 unspecified atom stereocenters. The van der Waals surface area contributed by atoms with E-state index < -0.39 is 0 Å². The van der Waals surface area contributed by atoms with Gasteiger partial charge in [-0.15, -0.1) is 0 Å². The quantitative estimate of drug-likeness (QED) is 0.467. The molecule has 0 bridgehead atoms. The molecule has 2 heterocycles. The highest BCUT2D eigenvalue weighted by molar-refractivity contribution is 6.32. The van der Waals surface area contributed by atoms with E-state index in [0.717, 1.165) is 23.7 Å². The van der Waals surface area contributed by atoms with Crippen LogP contribution in [0.15, 0.2) is 54.6 Å². The molecule has 158 valence electrons. The summed E-state index contributed by atoms with van der Waals surface area (Å²) in [7, 11) is 0. The minimum absolute atomic E-state index is 0.459. The first kappa shape index (κ1) is 20.8. The van der Waals surface area contributed by atoms with Crippen molar-refractivity contribution in [2.75, 3.05) is 26.3 Å². The minimum Gasteiger partial charge on any atom is -0.490 e. The molecule has 1 aliphatic rings. The van der Waals surface area contributed by atoms with Gasteiger partial charge in [0.1, 0.15) is 12.4 Å². The second kappa shape index (κ2) is 10.0. The Bertz CT molecular complexity index is 952. The van der Waals surface area contributed by atoms with Gasteiger partial charge in [-0.1, -0.05) is 48.0 Å². The normalized spacial score (nSPS) is 14.2. The van der Waals surface area contributed by atoms with Crippen molar-refractivity contribution in [2.24, 2.45) is 0 Å². The van der Waals surface area contributed by atoms with E-state index in [1.807, 2.05) is 60.1 Å². The third kappa shape index (κ3) is 5.15. The Labute approximate surface area is 183 Å². The molecule has 1 aliphatic heterocycles. The van der Waals surface area contributed by atoms with Crippen molar-refractivity contribution in [1.29, 1.82) is 0 Å². The Morgan fingerprint density at radius 1 is 1.00 bits per heavy atom. The highest BCUT2D eigenvalue weighted by atomic mass is 35.5. The predicted octanol–water partition coefficient (Wildman–Crippen LogP) is 5.28. The first-order valence-electron chi connectivity index (χ1n) is 10.6. The molecule has 6 heteroatoms. The minimum atomic E-state index is 0.459. The van der Waals surface area contributed by atoms with Crippen LogP contribution in [0.5, 0.6) is 11.6 Å². The summed E-state index contributed by atoms with van der Waals surface area (Å²) < 4.78 is 13.6. The molecule has 0 aliphatic carbocycles. The number of rotatable bonds is 9. The lowest BCUT2D eigenvalue weighted by Gasteiger charge is -2.16. The van der Waals surface area contributed by atoms with Crippen molar-refractivity contribution in [3.05, 3.63) is 65.2 Å². The fourth-order valence-corrected chi connectivity index (χ4v) is 4.03. The summed E-state index contributed by atoms with van der Waals surface area (Å²) in [6, 6.07) is 18.2. The summed E-state index contributed by atoms with van der Waals surface area (Å²) in [5.74, 6) is 1.45. The number of hydrogen-bond acceptors (Lipinski definition) is 4. The molecular weight excluding hydrogens is 398 g/mol. The highest BCUT2D eigenvalue weighted by Gasteiger charge is 2.14. The third-order valence-electron chi connectivity index (χ3n) is 5.27. The molecule has 0 N–H and O–H groups in total. The van der Waals surface area contributed by atoms with E-state index in [1.165, 1.54) is 31.5 Å². The SMILES string of the molecule is CCOc1cc(-c2ccccc2)nn1CCOc1ccc(CN2CCCC2)cc1Cl. The molecule has 0 radical (unpaired) electrons. The molecule has 30 heavy (non-hydrogen) atoms. The van der Waals surface area contributed by atoms with Crippen molar-refractivity contribution in [1.82, 2.24) is 14.7 Å². The maximum absolute atomic E-state index is 6.47. The Hall–Kier alpha value is -2.50. The van der Waals surface area contributed by atoms with Gasteiger partial charge < -0.3 is 9.47 Å². The molecule has 1 saturated heterocycles. The number of ether oxygens (including phenoxy) is 2. The lowest BCUT2D eigenvalue weighted by molar-refractivity contribution is 0.260. The van der Waals surface area contributed by atoms with E-state index >= 15 is 0 Å². The number of benzene rings is 2. The molecule has 0 spiro atoms.